The lowest BCUT2D eigenvalue weighted by molar-refractivity contribution is 0.0526. The molecule has 3 rings (SSSR count). The lowest BCUT2D eigenvalue weighted by Gasteiger charge is -2.28. The van der Waals surface area contributed by atoms with Gasteiger partial charge in [0.25, 0.3) is 5.91 Å². The molecule has 0 bridgehead atoms. The standard InChI is InChI=1S/C20H22N2O5S/c1-2-27-20(24)16-8-5-9-17(13-16)21-19(23)15-7-6-10-18(14-15)22-11-3-4-12-28(22,25)26/h5-10,13-14H,2-4,11-12H2,1H3,(H,21,23). The number of hydrogen-bond donors (Lipinski definition) is 1. The number of esters is 1. The molecule has 0 radical (unpaired) electrons. The van der Waals surface area contributed by atoms with Gasteiger partial charge in [-0.3, -0.25) is 9.10 Å². The molecule has 8 heteroatoms. The minimum atomic E-state index is -3.35. The minimum absolute atomic E-state index is 0.115. The maximum absolute atomic E-state index is 12.6. The van der Waals surface area contributed by atoms with E-state index in [1.807, 2.05) is 0 Å². The van der Waals surface area contributed by atoms with E-state index in [-0.39, 0.29) is 12.4 Å². The zero-order valence-corrected chi connectivity index (χ0v) is 16.4. The van der Waals surface area contributed by atoms with Crippen molar-refractivity contribution in [3.63, 3.8) is 0 Å². The Hall–Kier alpha value is -2.87. The third kappa shape index (κ3) is 4.51. The first-order valence-electron chi connectivity index (χ1n) is 9.10. The molecule has 1 heterocycles. The van der Waals surface area contributed by atoms with Crippen molar-refractivity contribution in [2.45, 2.75) is 19.8 Å². The van der Waals surface area contributed by atoms with Gasteiger partial charge in [-0.1, -0.05) is 12.1 Å². The van der Waals surface area contributed by atoms with Crippen LogP contribution in [0.25, 0.3) is 0 Å². The third-order valence-electron chi connectivity index (χ3n) is 4.38. The van der Waals surface area contributed by atoms with Crippen LogP contribution < -0.4 is 9.62 Å². The number of anilines is 2. The van der Waals surface area contributed by atoms with Gasteiger partial charge >= 0.3 is 5.97 Å². The molecule has 0 aliphatic carbocycles. The molecule has 0 aromatic heterocycles. The van der Waals surface area contributed by atoms with Crippen molar-refractivity contribution in [1.29, 1.82) is 0 Å². The van der Waals surface area contributed by atoms with Gasteiger partial charge in [0.15, 0.2) is 0 Å². The van der Waals surface area contributed by atoms with Crippen molar-refractivity contribution in [3.8, 4) is 0 Å². The molecule has 1 N–H and O–H groups in total. The number of ether oxygens (including phenoxy) is 1. The Morgan fingerprint density at radius 1 is 1.07 bits per heavy atom. The summed E-state index contributed by atoms with van der Waals surface area (Å²) in [7, 11) is -3.35. The van der Waals surface area contributed by atoms with Crippen LogP contribution in [-0.2, 0) is 14.8 Å². The van der Waals surface area contributed by atoms with Gasteiger partial charge in [-0.25, -0.2) is 13.2 Å². The summed E-state index contributed by atoms with van der Waals surface area (Å²) in [6.45, 7) is 2.40. The molecular formula is C20H22N2O5S. The second-order valence-corrected chi connectivity index (χ2v) is 8.41. The van der Waals surface area contributed by atoms with Crippen LogP contribution in [0.15, 0.2) is 48.5 Å². The Morgan fingerprint density at radius 3 is 2.57 bits per heavy atom. The highest BCUT2D eigenvalue weighted by Gasteiger charge is 2.26. The molecule has 1 fully saturated rings. The van der Waals surface area contributed by atoms with Crippen molar-refractivity contribution in [3.05, 3.63) is 59.7 Å². The Kier molecular flexibility index (Phi) is 5.99. The number of sulfonamides is 1. The van der Waals surface area contributed by atoms with Gasteiger partial charge in [0.05, 0.1) is 23.6 Å². The van der Waals surface area contributed by atoms with Gasteiger partial charge in [0.1, 0.15) is 0 Å². The van der Waals surface area contributed by atoms with E-state index in [1.54, 1.807) is 49.4 Å². The second-order valence-electron chi connectivity index (χ2n) is 6.40. The summed E-state index contributed by atoms with van der Waals surface area (Å²) >= 11 is 0. The van der Waals surface area contributed by atoms with E-state index in [2.05, 4.69) is 5.32 Å². The monoisotopic (exact) mass is 402 g/mol. The first kappa shape index (κ1) is 19.9. The normalized spacial score (nSPS) is 15.7. The summed E-state index contributed by atoms with van der Waals surface area (Å²) in [5.41, 5.74) is 1.60. The van der Waals surface area contributed by atoms with E-state index in [0.717, 1.165) is 6.42 Å². The number of benzene rings is 2. The van der Waals surface area contributed by atoms with Crippen LogP contribution in [-0.4, -0.2) is 39.2 Å². The highest BCUT2D eigenvalue weighted by Crippen LogP contribution is 2.24. The Morgan fingerprint density at radius 2 is 1.82 bits per heavy atom. The van der Waals surface area contributed by atoms with E-state index in [0.29, 0.717) is 35.5 Å². The Balaban J connectivity index is 1.79. The number of carbonyl (C=O) groups is 2. The van der Waals surface area contributed by atoms with Crippen LogP contribution in [0.2, 0.25) is 0 Å². The minimum Gasteiger partial charge on any atom is -0.462 e. The van der Waals surface area contributed by atoms with E-state index in [9.17, 15) is 18.0 Å². The lowest BCUT2D eigenvalue weighted by atomic mass is 10.1. The molecule has 1 amide bonds. The number of rotatable bonds is 5. The molecular weight excluding hydrogens is 380 g/mol. The summed E-state index contributed by atoms with van der Waals surface area (Å²) in [4.78, 5) is 24.5. The smallest absolute Gasteiger partial charge is 0.338 e. The summed E-state index contributed by atoms with van der Waals surface area (Å²) in [5.74, 6) is -0.738. The van der Waals surface area contributed by atoms with Crippen LogP contribution >= 0.6 is 0 Å². The summed E-state index contributed by atoms with van der Waals surface area (Å²) in [6.07, 6.45) is 1.44. The van der Waals surface area contributed by atoms with Crippen LogP contribution in [0.3, 0.4) is 0 Å². The third-order valence-corrected chi connectivity index (χ3v) is 6.25. The number of amides is 1. The van der Waals surface area contributed by atoms with Gasteiger partial charge in [0.2, 0.25) is 10.0 Å². The van der Waals surface area contributed by atoms with Crippen molar-refractivity contribution in [2.24, 2.45) is 0 Å². The van der Waals surface area contributed by atoms with E-state index in [1.165, 1.54) is 10.4 Å². The molecule has 1 saturated heterocycles. The molecule has 0 unspecified atom stereocenters. The molecule has 7 nitrogen and oxygen atoms in total. The number of hydrogen-bond acceptors (Lipinski definition) is 5. The van der Waals surface area contributed by atoms with E-state index in [4.69, 9.17) is 4.74 Å². The zero-order valence-electron chi connectivity index (χ0n) is 15.6. The quantitative estimate of drug-likeness (QED) is 0.776. The fourth-order valence-corrected chi connectivity index (χ4v) is 4.65. The summed E-state index contributed by atoms with van der Waals surface area (Å²) in [5, 5.41) is 2.73. The molecule has 2 aromatic carbocycles. The molecule has 0 spiro atoms. The maximum Gasteiger partial charge on any atom is 0.338 e. The molecule has 148 valence electrons. The number of nitrogens with one attached hydrogen (secondary N) is 1. The second kappa shape index (κ2) is 8.43. The molecule has 1 aliphatic heterocycles. The molecule has 2 aromatic rings. The SMILES string of the molecule is CCOC(=O)c1cccc(NC(=O)c2cccc(N3CCCCS3(=O)=O)c2)c1. The molecule has 0 saturated carbocycles. The highest BCUT2D eigenvalue weighted by atomic mass is 32.2. The first-order valence-corrected chi connectivity index (χ1v) is 10.7. The van der Waals surface area contributed by atoms with Gasteiger partial charge in [-0.2, -0.15) is 0 Å². The molecule has 28 heavy (non-hydrogen) atoms. The fraction of sp³-hybridized carbons (Fsp3) is 0.300. The highest BCUT2D eigenvalue weighted by molar-refractivity contribution is 7.92. The van der Waals surface area contributed by atoms with Crippen molar-refractivity contribution in [2.75, 3.05) is 28.5 Å². The van der Waals surface area contributed by atoms with Crippen molar-refractivity contribution < 1.29 is 22.7 Å². The van der Waals surface area contributed by atoms with E-state index >= 15 is 0 Å². The fourth-order valence-electron chi connectivity index (χ4n) is 3.02. The number of carbonyl (C=O) groups excluding carboxylic acids is 2. The number of nitrogens with zero attached hydrogens (tertiary/aromatic N) is 1. The van der Waals surface area contributed by atoms with Gasteiger partial charge < -0.3 is 10.1 Å². The van der Waals surface area contributed by atoms with Gasteiger partial charge in [-0.15, -0.1) is 0 Å². The molecule has 0 atom stereocenters. The van der Waals surface area contributed by atoms with E-state index < -0.39 is 21.9 Å². The van der Waals surface area contributed by atoms with Crippen molar-refractivity contribution >= 4 is 33.3 Å². The Labute approximate surface area is 164 Å². The predicted octanol–water partition coefficient (Wildman–Crippen LogP) is 3.05. The van der Waals surface area contributed by atoms with Crippen LogP contribution in [0, 0.1) is 0 Å². The van der Waals surface area contributed by atoms with Gasteiger partial charge in [-0.05, 0) is 56.2 Å². The average molecular weight is 402 g/mol. The summed E-state index contributed by atoms with van der Waals surface area (Å²) < 4.78 is 30.9. The molecule has 1 aliphatic rings. The summed E-state index contributed by atoms with van der Waals surface area (Å²) in [6, 6.07) is 13.0. The van der Waals surface area contributed by atoms with Crippen molar-refractivity contribution in [1.82, 2.24) is 0 Å². The average Bonchev–Trinajstić information content (AvgIpc) is 2.68. The van der Waals surface area contributed by atoms with Crippen LogP contribution in [0.1, 0.15) is 40.5 Å². The topological polar surface area (TPSA) is 92.8 Å². The Bertz CT molecular complexity index is 988. The van der Waals surface area contributed by atoms with Crippen LogP contribution in [0.5, 0.6) is 0 Å². The van der Waals surface area contributed by atoms with Crippen LogP contribution in [0.4, 0.5) is 11.4 Å². The predicted molar refractivity (Wildman–Crippen MR) is 107 cm³/mol. The van der Waals surface area contributed by atoms with Gasteiger partial charge in [0, 0.05) is 17.8 Å². The zero-order chi connectivity index (χ0) is 20.1. The first-order chi connectivity index (χ1) is 13.4. The maximum atomic E-state index is 12.6. The lowest BCUT2D eigenvalue weighted by Crippen LogP contribution is -2.37. The largest absolute Gasteiger partial charge is 0.462 e.